The molecule has 0 radical (unpaired) electrons. The number of carbonyl (C=O) groups excluding carboxylic acids is 1. The molecule has 0 fully saturated rings. The third kappa shape index (κ3) is 1.64. The molecule has 0 saturated carbocycles. The average molecular weight is 225 g/mol. The van der Waals surface area contributed by atoms with E-state index in [1.165, 1.54) is 18.2 Å². The number of halogens is 3. The van der Waals surface area contributed by atoms with Crippen molar-refractivity contribution >= 4 is 17.2 Å². The van der Waals surface area contributed by atoms with Crippen molar-refractivity contribution in [2.24, 2.45) is 0 Å². The Bertz CT molecular complexity index is 543. The zero-order chi connectivity index (χ0) is 11.8. The Morgan fingerprint density at radius 1 is 1.19 bits per heavy atom. The first-order chi connectivity index (χ1) is 7.54. The Labute approximate surface area is 88.7 Å². The first kappa shape index (κ1) is 10.6. The maximum atomic E-state index is 12.7. The number of pyridine rings is 1. The molecule has 0 atom stereocenters. The van der Waals surface area contributed by atoms with Crippen molar-refractivity contribution in [1.29, 1.82) is 0 Å². The van der Waals surface area contributed by atoms with Crippen molar-refractivity contribution < 1.29 is 18.0 Å². The van der Waals surface area contributed by atoms with E-state index in [2.05, 4.69) is 4.98 Å². The molecule has 0 aliphatic rings. The number of hydrogen-bond donors (Lipinski definition) is 0. The van der Waals surface area contributed by atoms with E-state index in [9.17, 15) is 18.0 Å². The van der Waals surface area contributed by atoms with Crippen LogP contribution in [0.15, 0.2) is 30.5 Å². The predicted molar refractivity (Wildman–Crippen MR) is 52.1 cm³/mol. The highest BCUT2D eigenvalue weighted by Gasteiger charge is 2.33. The van der Waals surface area contributed by atoms with Gasteiger partial charge in [0.25, 0.3) is 0 Å². The number of hydrogen-bond acceptors (Lipinski definition) is 2. The molecule has 0 saturated heterocycles. The van der Waals surface area contributed by atoms with Gasteiger partial charge >= 0.3 is 6.18 Å². The number of benzene rings is 1. The monoisotopic (exact) mass is 225 g/mol. The smallest absolute Gasteiger partial charge is 0.298 e. The molecule has 5 heteroatoms. The molecular formula is C11H6F3NO. The molecule has 0 bridgehead atoms. The average Bonchev–Trinajstić information content (AvgIpc) is 2.26. The molecule has 0 aliphatic heterocycles. The van der Waals surface area contributed by atoms with Crippen molar-refractivity contribution in [3.05, 3.63) is 41.6 Å². The quantitative estimate of drug-likeness (QED) is 0.698. The molecule has 2 aromatic rings. The van der Waals surface area contributed by atoms with Crippen LogP contribution in [-0.4, -0.2) is 11.3 Å². The lowest BCUT2D eigenvalue weighted by atomic mass is 10.0. The van der Waals surface area contributed by atoms with Gasteiger partial charge in [-0.2, -0.15) is 13.2 Å². The van der Waals surface area contributed by atoms with E-state index < -0.39 is 11.7 Å². The number of rotatable bonds is 1. The van der Waals surface area contributed by atoms with Crippen LogP contribution in [0.5, 0.6) is 0 Å². The van der Waals surface area contributed by atoms with E-state index in [0.717, 1.165) is 12.3 Å². The summed E-state index contributed by atoms with van der Waals surface area (Å²) in [5, 5.41) is -0.146. The Morgan fingerprint density at radius 3 is 2.56 bits per heavy atom. The summed E-state index contributed by atoms with van der Waals surface area (Å²) in [5.74, 6) is 0. The van der Waals surface area contributed by atoms with Gasteiger partial charge in [-0.15, -0.1) is 0 Å². The predicted octanol–water partition coefficient (Wildman–Crippen LogP) is 3.07. The van der Waals surface area contributed by atoms with Gasteiger partial charge in [-0.25, -0.2) is 0 Å². The summed E-state index contributed by atoms with van der Waals surface area (Å²) in [7, 11) is 0. The second kappa shape index (κ2) is 3.59. The lowest BCUT2D eigenvalue weighted by Crippen LogP contribution is -2.07. The normalized spacial score (nSPS) is 11.7. The lowest BCUT2D eigenvalue weighted by molar-refractivity contribution is -0.136. The second-order valence-electron chi connectivity index (χ2n) is 3.22. The van der Waals surface area contributed by atoms with Gasteiger partial charge in [-0.3, -0.25) is 9.78 Å². The fourth-order valence-electron chi connectivity index (χ4n) is 1.57. The maximum Gasteiger partial charge on any atom is 0.417 e. The molecule has 2 rings (SSSR count). The number of aldehydes is 1. The van der Waals surface area contributed by atoms with Crippen LogP contribution in [0.25, 0.3) is 10.9 Å². The van der Waals surface area contributed by atoms with Crippen molar-refractivity contribution in [3.8, 4) is 0 Å². The van der Waals surface area contributed by atoms with Crippen molar-refractivity contribution in [2.75, 3.05) is 0 Å². The minimum absolute atomic E-state index is 0.00192. The molecule has 16 heavy (non-hydrogen) atoms. The van der Waals surface area contributed by atoms with Gasteiger partial charge in [-0.1, -0.05) is 12.1 Å². The Balaban J connectivity index is 2.89. The summed E-state index contributed by atoms with van der Waals surface area (Å²) in [6.07, 6.45) is -3.00. The lowest BCUT2D eigenvalue weighted by Gasteiger charge is -2.10. The second-order valence-corrected chi connectivity index (χ2v) is 3.22. The SMILES string of the molecule is O=Cc1cccc2nccc(C(F)(F)F)c12. The van der Waals surface area contributed by atoms with Crippen LogP contribution in [0.2, 0.25) is 0 Å². The number of alkyl halides is 3. The van der Waals surface area contributed by atoms with Gasteiger partial charge in [0.1, 0.15) is 0 Å². The van der Waals surface area contributed by atoms with E-state index in [4.69, 9.17) is 0 Å². The Kier molecular flexibility index (Phi) is 2.38. The van der Waals surface area contributed by atoms with Gasteiger partial charge in [0.05, 0.1) is 11.1 Å². The zero-order valence-corrected chi connectivity index (χ0v) is 7.95. The minimum atomic E-state index is -4.49. The van der Waals surface area contributed by atoms with Crippen molar-refractivity contribution in [1.82, 2.24) is 4.98 Å². The summed E-state index contributed by atoms with van der Waals surface area (Å²) in [4.78, 5) is 14.5. The van der Waals surface area contributed by atoms with Crippen molar-refractivity contribution in [2.45, 2.75) is 6.18 Å². The fourth-order valence-corrected chi connectivity index (χ4v) is 1.57. The first-order valence-electron chi connectivity index (χ1n) is 4.44. The molecule has 0 spiro atoms. The van der Waals surface area contributed by atoms with Crippen LogP contribution in [0.4, 0.5) is 13.2 Å². The van der Waals surface area contributed by atoms with Crippen LogP contribution in [0.1, 0.15) is 15.9 Å². The number of nitrogens with zero attached hydrogens (tertiary/aromatic N) is 1. The summed E-state index contributed by atoms with van der Waals surface area (Å²) in [6.45, 7) is 0. The number of fused-ring (bicyclic) bond motifs is 1. The van der Waals surface area contributed by atoms with E-state index in [-0.39, 0.29) is 16.5 Å². The van der Waals surface area contributed by atoms with Crippen LogP contribution in [-0.2, 0) is 6.18 Å². The molecule has 82 valence electrons. The summed E-state index contributed by atoms with van der Waals surface area (Å²) < 4.78 is 38.1. The van der Waals surface area contributed by atoms with Crippen LogP contribution in [0.3, 0.4) is 0 Å². The van der Waals surface area contributed by atoms with Gasteiger partial charge in [0.15, 0.2) is 6.29 Å². The number of aromatic nitrogens is 1. The van der Waals surface area contributed by atoms with E-state index in [0.29, 0.717) is 6.29 Å². The topological polar surface area (TPSA) is 30.0 Å². The third-order valence-corrected chi connectivity index (χ3v) is 2.23. The molecule has 0 aliphatic carbocycles. The molecule has 0 unspecified atom stereocenters. The maximum absolute atomic E-state index is 12.7. The van der Waals surface area contributed by atoms with E-state index in [1.54, 1.807) is 0 Å². The molecule has 1 aromatic carbocycles. The van der Waals surface area contributed by atoms with Crippen LogP contribution in [0, 0.1) is 0 Å². The van der Waals surface area contributed by atoms with Gasteiger partial charge in [0, 0.05) is 17.1 Å². The Morgan fingerprint density at radius 2 is 1.94 bits per heavy atom. The highest BCUT2D eigenvalue weighted by Crippen LogP contribution is 2.34. The van der Waals surface area contributed by atoms with Gasteiger partial charge in [-0.05, 0) is 12.1 Å². The molecule has 0 amide bonds. The summed E-state index contributed by atoms with van der Waals surface area (Å²) in [6, 6.07) is 5.15. The van der Waals surface area contributed by atoms with Crippen molar-refractivity contribution in [3.63, 3.8) is 0 Å². The molecule has 0 N–H and O–H groups in total. The van der Waals surface area contributed by atoms with E-state index >= 15 is 0 Å². The highest BCUT2D eigenvalue weighted by atomic mass is 19.4. The van der Waals surface area contributed by atoms with Crippen LogP contribution >= 0.6 is 0 Å². The fraction of sp³-hybridized carbons (Fsp3) is 0.0909. The summed E-state index contributed by atoms with van der Waals surface area (Å²) in [5.41, 5.74) is -0.669. The van der Waals surface area contributed by atoms with E-state index in [1.807, 2.05) is 0 Å². The standard InChI is InChI=1S/C11H6F3NO/c12-11(13,14)8-4-5-15-9-3-1-2-7(6-16)10(8)9/h1-6H. The van der Waals surface area contributed by atoms with Gasteiger partial charge < -0.3 is 0 Å². The zero-order valence-electron chi connectivity index (χ0n) is 7.95. The minimum Gasteiger partial charge on any atom is -0.298 e. The molecule has 1 heterocycles. The van der Waals surface area contributed by atoms with Gasteiger partial charge in [0.2, 0.25) is 0 Å². The first-order valence-corrected chi connectivity index (χ1v) is 4.44. The molecular weight excluding hydrogens is 219 g/mol. The summed E-state index contributed by atoms with van der Waals surface area (Å²) >= 11 is 0. The molecule has 1 aromatic heterocycles. The molecule has 2 nitrogen and oxygen atoms in total. The Hall–Kier alpha value is -1.91. The van der Waals surface area contributed by atoms with Crippen LogP contribution < -0.4 is 0 Å². The number of carbonyl (C=O) groups is 1. The highest BCUT2D eigenvalue weighted by molar-refractivity contribution is 5.98. The largest absolute Gasteiger partial charge is 0.417 e. The third-order valence-electron chi connectivity index (χ3n) is 2.23.